The molecular formula is C36H35Cl2N7O4. The number of amides is 1. The van der Waals surface area contributed by atoms with E-state index in [2.05, 4.69) is 25.1 Å². The summed E-state index contributed by atoms with van der Waals surface area (Å²) in [6.45, 7) is 9.17. The lowest BCUT2D eigenvalue weighted by atomic mass is 9.98. The molecule has 3 aromatic heterocycles. The van der Waals surface area contributed by atoms with E-state index < -0.39 is 5.97 Å². The van der Waals surface area contributed by atoms with Crippen LogP contribution in [0.25, 0.3) is 33.1 Å². The Hall–Kier alpha value is -4.87. The Kier molecular flexibility index (Phi) is 8.36. The van der Waals surface area contributed by atoms with Gasteiger partial charge in [0.05, 0.1) is 28.4 Å². The summed E-state index contributed by atoms with van der Waals surface area (Å²) in [4.78, 5) is 28.9. The van der Waals surface area contributed by atoms with E-state index in [9.17, 15) is 14.7 Å². The highest BCUT2D eigenvalue weighted by atomic mass is 35.5. The molecule has 0 spiro atoms. The number of rotatable bonds is 8. The minimum absolute atomic E-state index is 0.0302. The van der Waals surface area contributed by atoms with Gasteiger partial charge in [0.1, 0.15) is 22.5 Å². The third kappa shape index (κ3) is 5.50. The van der Waals surface area contributed by atoms with Gasteiger partial charge in [0.15, 0.2) is 0 Å². The van der Waals surface area contributed by atoms with E-state index in [-0.39, 0.29) is 11.5 Å². The molecule has 0 radical (unpaired) electrons. The molecule has 252 valence electrons. The first-order chi connectivity index (χ1) is 23.5. The third-order valence-electron chi connectivity index (χ3n) is 9.34. The molecular weight excluding hydrogens is 665 g/mol. The number of carbonyl (C=O) groups is 2. The topological polar surface area (TPSA) is 131 Å². The third-order valence-corrected chi connectivity index (χ3v) is 10.3. The Morgan fingerprint density at radius 2 is 1.78 bits per heavy atom. The fourth-order valence-corrected chi connectivity index (χ4v) is 7.52. The molecule has 0 saturated carbocycles. The summed E-state index contributed by atoms with van der Waals surface area (Å²) in [5.41, 5.74) is 8.92. The standard InChI is InChI=1S/C36H35Cl2N7O4/c1-18-14-23(15-19(2)31(18)38)49-13-6-8-24-25-9-10-27(37)30(29-20(3)39-40-21(29)4)33(25)45-12-7-11-44(35(46)34(24)45)22-16-26(36(47)48)32-28(17-22)41-42-43(32)5/h9-10,14-17H,6-8,11-13H2,1-5H3,(H,39,40)(H,47,48). The highest BCUT2D eigenvalue weighted by Crippen LogP contribution is 2.43. The monoisotopic (exact) mass is 699 g/mol. The molecule has 2 N–H and O–H groups in total. The molecule has 0 fully saturated rings. The van der Waals surface area contributed by atoms with Gasteiger partial charge in [-0.1, -0.05) is 34.5 Å². The number of halogens is 2. The number of hydrogen-bond acceptors (Lipinski definition) is 6. The molecule has 49 heavy (non-hydrogen) atoms. The number of benzene rings is 3. The van der Waals surface area contributed by atoms with Crippen molar-refractivity contribution >= 4 is 62.7 Å². The smallest absolute Gasteiger partial charge is 0.338 e. The van der Waals surface area contributed by atoms with Crippen LogP contribution in [0.3, 0.4) is 0 Å². The Balaban J connectivity index is 1.35. The lowest BCUT2D eigenvalue weighted by Gasteiger charge is -2.22. The number of carboxylic acids is 1. The molecule has 0 bridgehead atoms. The van der Waals surface area contributed by atoms with E-state index >= 15 is 0 Å². The van der Waals surface area contributed by atoms with Gasteiger partial charge in [-0.2, -0.15) is 5.10 Å². The van der Waals surface area contributed by atoms with Gasteiger partial charge in [-0.3, -0.25) is 9.89 Å². The summed E-state index contributed by atoms with van der Waals surface area (Å²) in [6, 6.07) is 11.0. The Morgan fingerprint density at radius 3 is 2.47 bits per heavy atom. The summed E-state index contributed by atoms with van der Waals surface area (Å²) < 4.78 is 9.69. The maximum Gasteiger partial charge on any atom is 0.338 e. The number of aromatic amines is 1. The van der Waals surface area contributed by atoms with Crippen molar-refractivity contribution < 1.29 is 19.4 Å². The molecule has 3 aromatic carbocycles. The minimum Gasteiger partial charge on any atom is -0.494 e. The van der Waals surface area contributed by atoms with Crippen molar-refractivity contribution in [3.8, 4) is 16.9 Å². The second-order valence-corrected chi connectivity index (χ2v) is 13.4. The van der Waals surface area contributed by atoms with Gasteiger partial charge in [-0.25, -0.2) is 9.48 Å². The predicted octanol–water partition coefficient (Wildman–Crippen LogP) is 7.61. The van der Waals surface area contributed by atoms with Crippen LogP contribution in [-0.2, 0) is 20.0 Å². The number of ether oxygens (including phenoxy) is 1. The highest BCUT2D eigenvalue weighted by molar-refractivity contribution is 6.35. The summed E-state index contributed by atoms with van der Waals surface area (Å²) in [5, 5.41) is 28.1. The van der Waals surface area contributed by atoms with Crippen LogP contribution in [0.4, 0.5) is 5.69 Å². The number of carboxylic acid groups (broad SMARTS) is 1. The van der Waals surface area contributed by atoms with Crippen molar-refractivity contribution in [2.75, 3.05) is 18.1 Å². The summed E-state index contributed by atoms with van der Waals surface area (Å²) in [5.74, 6) is -0.600. The molecule has 13 heteroatoms. The molecule has 1 aliphatic rings. The molecule has 7 rings (SSSR count). The summed E-state index contributed by atoms with van der Waals surface area (Å²) in [6.07, 6.45) is 1.81. The zero-order valence-corrected chi connectivity index (χ0v) is 29.3. The second-order valence-electron chi connectivity index (χ2n) is 12.6. The van der Waals surface area contributed by atoms with Crippen LogP contribution in [0.2, 0.25) is 10.0 Å². The highest BCUT2D eigenvalue weighted by Gasteiger charge is 2.33. The lowest BCUT2D eigenvalue weighted by molar-refractivity contribution is 0.0698. The molecule has 0 aliphatic carbocycles. The number of nitrogens with zero attached hydrogens (tertiary/aromatic N) is 6. The van der Waals surface area contributed by atoms with E-state index in [1.165, 1.54) is 10.7 Å². The Morgan fingerprint density at radius 1 is 1.02 bits per heavy atom. The Labute approximate surface area is 292 Å². The number of anilines is 1. The number of aromatic carboxylic acids is 1. The maximum atomic E-state index is 14.8. The first-order valence-electron chi connectivity index (χ1n) is 16.1. The van der Waals surface area contributed by atoms with Gasteiger partial charge >= 0.3 is 5.97 Å². The van der Waals surface area contributed by atoms with Gasteiger partial charge in [0.2, 0.25) is 0 Å². The van der Waals surface area contributed by atoms with Gasteiger partial charge < -0.3 is 19.3 Å². The van der Waals surface area contributed by atoms with E-state index in [1.807, 2.05) is 52.0 Å². The quantitative estimate of drug-likeness (QED) is 0.156. The van der Waals surface area contributed by atoms with Crippen molar-refractivity contribution in [3.63, 3.8) is 0 Å². The number of aryl methyl sites for hydroxylation is 7. The van der Waals surface area contributed by atoms with Crippen molar-refractivity contribution in [1.29, 1.82) is 0 Å². The molecule has 0 atom stereocenters. The Bertz CT molecular complexity index is 2280. The van der Waals surface area contributed by atoms with Crippen molar-refractivity contribution in [2.24, 2.45) is 7.05 Å². The molecule has 0 saturated heterocycles. The SMILES string of the molecule is Cc1cc(OCCCc2c3n(c4c(-c5c(C)n[nH]c5C)c(Cl)ccc24)CCCN(c2cc(C(=O)O)c4c(c2)nnn4C)C3=O)cc(C)c1Cl. The number of H-pyrrole nitrogens is 1. The summed E-state index contributed by atoms with van der Waals surface area (Å²) >= 11 is 13.4. The molecule has 1 amide bonds. The molecule has 1 aliphatic heterocycles. The number of nitrogens with one attached hydrogen (secondary N) is 1. The normalized spacial score (nSPS) is 13.4. The fourth-order valence-electron chi connectivity index (χ4n) is 7.16. The van der Waals surface area contributed by atoms with Crippen molar-refractivity contribution in [3.05, 3.63) is 85.8 Å². The number of aromatic nitrogens is 6. The van der Waals surface area contributed by atoms with Gasteiger partial charge in [-0.05, 0) is 94.0 Å². The van der Waals surface area contributed by atoms with Crippen molar-refractivity contribution in [2.45, 2.75) is 53.5 Å². The zero-order valence-electron chi connectivity index (χ0n) is 27.8. The maximum absolute atomic E-state index is 14.8. The largest absolute Gasteiger partial charge is 0.494 e. The number of hydrogen-bond donors (Lipinski definition) is 2. The molecule has 11 nitrogen and oxygen atoms in total. The zero-order chi connectivity index (χ0) is 34.7. The summed E-state index contributed by atoms with van der Waals surface area (Å²) in [7, 11) is 1.65. The average molecular weight is 701 g/mol. The first-order valence-corrected chi connectivity index (χ1v) is 16.9. The van der Waals surface area contributed by atoms with E-state index in [1.54, 1.807) is 18.0 Å². The average Bonchev–Trinajstić information content (AvgIpc) is 3.67. The van der Waals surface area contributed by atoms with Gasteiger partial charge in [-0.15, -0.1) is 5.10 Å². The van der Waals surface area contributed by atoms with Crippen LogP contribution in [0.5, 0.6) is 5.75 Å². The molecule has 0 unspecified atom stereocenters. The van der Waals surface area contributed by atoms with E-state index in [4.69, 9.17) is 27.9 Å². The first kappa shape index (κ1) is 32.7. The van der Waals surface area contributed by atoms with Crippen LogP contribution in [0.1, 0.15) is 61.8 Å². The fraction of sp³-hybridized carbons (Fsp3) is 0.306. The number of fused-ring (bicyclic) bond motifs is 4. The van der Waals surface area contributed by atoms with Crippen LogP contribution >= 0.6 is 23.2 Å². The van der Waals surface area contributed by atoms with E-state index in [0.717, 1.165) is 60.9 Å². The molecule has 6 aromatic rings. The minimum atomic E-state index is -1.12. The number of carbonyl (C=O) groups excluding carboxylic acids is 1. The van der Waals surface area contributed by atoms with Crippen LogP contribution < -0.4 is 9.64 Å². The van der Waals surface area contributed by atoms with Crippen molar-refractivity contribution in [1.82, 2.24) is 29.8 Å². The van der Waals surface area contributed by atoms with Crippen LogP contribution in [0.15, 0.2) is 36.4 Å². The van der Waals surface area contributed by atoms with E-state index in [0.29, 0.717) is 66.4 Å². The van der Waals surface area contributed by atoms with Crippen LogP contribution in [0, 0.1) is 27.7 Å². The lowest BCUT2D eigenvalue weighted by Crippen LogP contribution is -2.32. The van der Waals surface area contributed by atoms with Gasteiger partial charge in [0.25, 0.3) is 5.91 Å². The second kappa shape index (κ2) is 12.5. The van der Waals surface area contributed by atoms with Gasteiger partial charge in [0, 0.05) is 53.1 Å². The predicted molar refractivity (Wildman–Crippen MR) is 191 cm³/mol. The molecule has 4 heterocycles. The van der Waals surface area contributed by atoms with Crippen LogP contribution in [-0.4, -0.2) is 59.9 Å².